The molecule has 1 heterocycles. The molecule has 0 bridgehead atoms. The van der Waals surface area contributed by atoms with Crippen LogP contribution in [0.1, 0.15) is 20.8 Å². The Kier molecular flexibility index (Phi) is 1.39. The van der Waals surface area contributed by atoms with Gasteiger partial charge in [-0.25, -0.2) is 0 Å². The van der Waals surface area contributed by atoms with E-state index in [2.05, 4.69) is 27.4 Å². The van der Waals surface area contributed by atoms with Crippen LogP contribution in [0, 0.1) is 5.41 Å². The van der Waals surface area contributed by atoms with Gasteiger partial charge in [0.15, 0.2) is 0 Å². The Morgan fingerprint density at radius 2 is 2.00 bits per heavy atom. The van der Waals surface area contributed by atoms with Crippen LogP contribution in [-0.2, 0) is 4.74 Å². The summed E-state index contributed by atoms with van der Waals surface area (Å²) < 4.78 is 5.31. The molecule has 1 heteroatoms. The Bertz CT molecular complexity index is 121. The molecule has 9 heavy (non-hydrogen) atoms. The van der Waals surface area contributed by atoms with Crippen molar-refractivity contribution in [1.82, 2.24) is 0 Å². The van der Waals surface area contributed by atoms with E-state index in [-0.39, 0.29) is 0 Å². The van der Waals surface area contributed by atoms with Crippen molar-refractivity contribution < 1.29 is 4.74 Å². The van der Waals surface area contributed by atoms with Gasteiger partial charge in [0.1, 0.15) is 6.10 Å². The lowest BCUT2D eigenvalue weighted by atomic mass is 9.90. The number of epoxide rings is 1. The predicted octanol–water partition coefficient (Wildman–Crippen LogP) is 1.99. The Labute approximate surface area is 56.7 Å². The summed E-state index contributed by atoms with van der Waals surface area (Å²) in [6, 6.07) is 0. The van der Waals surface area contributed by atoms with Crippen molar-refractivity contribution in [2.45, 2.75) is 33.0 Å². The molecule has 0 radical (unpaired) electrons. The quantitative estimate of drug-likeness (QED) is 0.386. The third kappa shape index (κ3) is 1.33. The molecule has 2 atom stereocenters. The minimum absolute atomic E-state index is 0.291. The zero-order valence-corrected chi connectivity index (χ0v) is 6.35. The molecule has 52 valence electrons. The maximum Gasteiger partial charge on any atom is 0.103 e. The van der Waals surface area contributed by atoms with Crippen LogP contribution in [0.25, 0.3) is 0 Å². The number of ether oxygens (including phenoxy) is 1. The van der Waals surface area contributed by atoms with Crippen molar-refractivity contribution in [3.8, 4) is 0 Å². The smallest absolute Gasteiger partial charge is 0.103 e. The first-order valence-corrected chi connectivity index (χ1v) is 3.33. The van der Waals surface area contributed by atoms with Gasteiger partial charge in [-0.3, -0.25) is 0 Å². The van der Waals surface area contributed by atoms with Crippen LogP contribution >= 0.6 is 0 Å². The number of hydrogen-bond acceptors (Lipinski definition) is 1. The minimum Gasteiger partial charge on any atom is -0.365 e. The van der Waals surface area contributed by atoms with Crippen molar-refractivity contribution in [2.24, 2.45) is 5.41 Å². The summed E-state index contributed by atoms with van der Waals surface area (Å²) in [6.07, 6.45) is 2.61. The third-order valence-corrected chi connectivity index (χ3v) is 1.61. The summed E-state index contributed by atoms with van der Waals surface area (Å²) in [6.45, 7) is 10.2. The van der Waals surface area contributed by atoms with E-state index in [1.165, 1.54) is 0 Å². The summed E-state index contributed by atoms with van der Waals surface area (Å²) in [5, 5.41) is 0. The summed E-state index contributed by atoms with van der Waals surface area (Å²) in [7, 11) is 0. The van der Waals surface area contributed by atoms with Gasteiger partial charge in [-0.1, -0.05) is 26.8 Å². The molecule has 1 aliphatic rings. The molecule has 0 amide bonds. The first-order chi connectivity index (χ1) is 4.05. The van der Waals surface area contributed by atoms with Crippen LogP contribution in [0.3, 0.4) is 0 Å². The van der Waals surface area contributed by atoms with E-state index >= 15 is 0 Å². The Balaban J connectivity index is 2.42. The molecule has 0 aromatic heterocycles. The van der Waals surface area contributed by atoms with Crippen molar-refractivity contribution in [2.75, 3.05) is 0 Å². The Morgan fingerprint density at radius 1 is 1.44 bits per heavy atom. The highest BCUT2D eigenvalue weighted by molar-refractivity contribution is 5.03. The van der Waals surface area contributed by atoms with Crippen LogP contribution in [0.2, 0.25) is 0 Å². The van der Waals surface area contributed by atoms with E-state index < -0.39 is 0 Å². The maximum atomic E-state index is 5.31. The first kappa shape index (κ1) is 6.81. The normalized spacial score (nSPS) is 34.1. The molecular weight excluding hydrogens is 112 g/mol. The maximum absolute atomic E-state index is 5.31. The molecular formula is C8H14O. The second-order valence-corrected chi connectivity index (χ2v) is 3.62. The molecule has 0 aromatic carbocycles. The molecule has 1 rings (SSSR count). The van der Waals surface area contributed by atoms with Gasteiger partial charge < -0.3 is 4.74 Å². The summed E-state index contributed by atoms with van der Waals surface area (Å²) in [4.78, 5) is 0. The molecule has 0 spiro atoms. The third-order valence-electron chi connectivity index (χ3n) is 1.61. The second kappa shape index (κ2) is 1.84. The predicted molar refractivity (Wildman–Crippen MR) is 38.3 cm³/mol. The minimum atomic E-state index is 0.291. The van der Waals surface area contributed by atoms with Gasteiger partial charge in [0.05, 0.1) is 6.10 Å². The lowest BCUT2D eigenvalue weighted by Crippen LogP contribution is -2.15. The van der Waals surface area contributed by atoms with E-state index in [9.17, 15) is 0 Å². The summed E-state index contributed by atoms with van der Waals surface area (Å²) in [5.74, 6) is 0. The van der Waals surface area contributed by atoms with Crippen molar-refractivity contribution >= 4 is 0 Å². The Hall–Kier alpha value is -0.300. The molecule has 0 N–H and O–H groups in total. The van der Waals surface area contributed by atoms with E-state index in [4.69, 9.17) is 4.74 Å². The zero-order chi connectivity index (χ0) is 7.07. The largest absolute Gasteiger partial charge is 0.365 e. The van der Waals surface area contributed by atoms with Crippen LogP contribution in [0.5, 0.6) is 0 Å². The van der Waals surface area contributed by atoms with Crippen molar-refractivity contribution in [1.29, 1.82) is 0 Å². The highest BCUT2D eigenvalue weighted by atomic mass is 16.6. The van der Waals surface area contributed by atoms with Gasteiger partial charge in [-0.2, -0.15) is 0 Å². The standard InChI is InChI=1S/C8H14O/c1-5-6-7(9-6)8(2,3)4/h5-7H,1H2,2-4H3/t6-,7-/m0/s1. The zero-order valence-electron chi connectivity index (χ0n) is 6.35. The average Bonchev–Trinajstić information content (AvgIpc) is 2.39. The highest BCUT2D eigenvalue weighted by Crippen LogP contribution is 2.38. The molecule has 1 fully saturated rings. The van der Waals surface area contributed by atoms with E-state index in [1.54, 1.807) is 0 Å². The molecule has 0 aliphatic carbocycles. The average molecular weight is 126 g/mol. The van der Waals surface area contributed by atoms with Gasteiger partial charge >= 0.3 is 0 Å². The number of hydrogen-bond donors (Lipinski definition) is 0. The molecule has 0 aromatic rings. The second-order valence-electron chi connectivity index (χ2n) is 3.62. The summed E-state index contributed by atoms with van der Waals surface area (Å²) >= 11 is 0. The highest BCUT2D eigenvalue weighted by Gasteiger charge is 2.44. The van der Waals surface area contributed by atoms with Crippen LogP contribution in [-0.4, -0.2) is 12.2 Å². The van der Waals surface area contributed by atoms with Crippen LogP contribution in [0.4, 0.5) is 0 Å². The fraction of sp³-hybridized carbons (Fsp3) is 0.750. The van der Waals surface area contributed by atoms with Gasteiger partial charge in [0, 0.05) is 0 Å². The fourth-order valence-electron chi connectivity index (χ4n) is 1.00. The van der Waals surface area contributed by atoms with Crippen molar-refractivity contribution in [3.63, 3.8) is 0 Å². The molecule has 1 aliphatic heterocycles. The summed E-state index contributed by atoms with van der Waals surface area (Å²) in [5.41, 5.74) is 0.291. The van der Waals surface area contributed by atoms with Crippen LogP contribution < -0.4 is 0 Å². The SMILES string of the molecule is C=C[C@@H]1O[C@@H]1C(C)(C)C. The van der Waals surface area contributed by atoms with E-state index in [0.717, 1.165) is 0 Å². The van der Waals surface area contributed by atoms with Gasteiger partial charge in [-0.15, -0.1) is 6.58 Å². The van der Waals surface area contributed by atoms with E-state index in [1.807, 2.05) is 6.08 Å². The molecule has 0 saturated carbocycles. The van der Waals surface area contributed by atoms with Crippen LogP contribution in [0.15, 0.2) is 12.7 Å². The molecule has 0 unspecified atom stereocenters. The lowest BCUT2D eigenvalue weighted by molar-refractivity contribution is 0.263. The monoisotopic (exact) mass is 126 g/mol. The topological polar surface area (TPSA) is 12.5 Å². The van der Waals surface area contributed by atoms with Gasteiger partial charge in [0.2, 0.25) is 0 Å². The van der Waals surface area contributed by atoms with Gasteiger partial charge in [0.25, 0.3) is 0 Å². The first-order valence-electron chi connectivity index (χ1n) is 3.33. The molecule has 1 saturated heterocycles. The van der Waals surface area contributed by atoms with E-state index in [0.29, 0.717) is 17.6 Å². The van der Waals surface area contributed by atoms with Crippen molar-refractivity contribution in [3.05, 3.63) is 12.7 Å². The number of rotatable bonds is 1. The lowest BCUT2D eigenvalue weighted by Gasteiger charge is -2.13. The van der Waals surface area contributed by atoms with Gasteiger partial charge in [-0.05, 0) is 5.41 Å². The Morgan fingerprint density at radius 3 is 2.11 bits per heavy atom. The molecule has 1 nitrogen and oxygen atoms in total. The fourth-order valence-corrected chi connectivity index (χ4v) is 1.00.